The average molecular weight is 455 g/mol. The van der Waals surface area contributed by atoms with E-state index < -0.39 is 0 Å². The van der Waals surface area contributed by atoms with Crippen molar-refractivity contribution in [2.45, 2.75) is 39.0 Å². The summed E-state index contributed by atoms with van der Waals surface area (Å²) in [4.78, 5) is 27.2. The van der Waals surface area contributed by atoms with Crippen molar-refractivity contribution in [3.05, 3.63) is 72.1 Å². The van der Waals surface area contributed by atoms with Gasteiger partial charge in [-0.1, -0.05) is 18.2 Å². The van der Waals surface area contributed by atoms with E-state index in [-0.39, 0.29) is 5.91 Å². The summed E-state index contributed by atoms with van der Waals surface area (Å²) < 4.78 is 0. The van der Waals surface area contributed by atoms with E-state index in [1.165, 1.54) is 23.8 Å². The zero-order valence-electron chi connectivity index (χ0n) is 19.5. The van der Waals surface area contributed by atoms with Crippen molar-refractivity contribution >= 4 is 40.0 Å². The third-order valence-corrected chi connectivity index (χ3v) is 6.20. The summed E-state index contributed by atoms with van der Waals surface area (Å²) >= 11 is 0. The molecule has 1 fully saturated rings. The van der Waals surface area contributed by atoms with E-state index in [9.17, 15) is 4.79 Å². The van der Waals surface area contributed by atoms with E-state index in [1.807, 2.05) is 55.6 Å². The first-order valence-electron chi connectivity index (χ1n) is 12.0. The van der Waals surface area contributed by atoms with Crippen LogP contribution in [0.5, 0.6) is 0 Å². The number of para-hydroxylation sites is 1. The maximum Gasteiger partial charge on any atom is 0.227 e. The van der Waals surface area contributed by atoms with E-state index in [0.717, 1.165) is 60.3 Å². The molecule has 1 aliphatic rings. The number of aromatic amines is 1. The Morgan fingerprint density at radius 1 is 1.03 bits per heavy atom. The third-order valence-electron chi connectivity index (χ3n) is 6.20. The van der Waals surface area contributed by atoms with E-state index in [4.69, 9.17) is 0 Å². The Bertz CT molecular complexity index is 1270. The average Bonchev–Trinajstić information content (AvgIpc) is 3.51. The van der Waals surface area contributed by atoms with Crippen molar-refractivity contribution in [2.75, 3.05) is 28.6 Å². The van der Waals surface area contributed by atoms with Gasteiger partial charge >= 0.3 is 0 Å². The van der Waals surface area contributed by atoms with Crippen molar-refractivity contribution in [2.24, 2.45) is 0 Å². The lowest BCUT2D eigenvalue weighted by Crippen LogP contribution is -2.21. The van der Waals surface area contributed by atoms with Gasteiger partial charge in [-0.2, -0.15) is 4.98 Å². The second kappa shape index (κ2) is 9.95. The molecule has 0 bridgehead atoms. The van der Waals surface area contributed by atoms with Crippen molar-refractivity contribution in [1.29, 1.82) is 0 Å². The van der Waals surface area contributed by atoms with Crippen LogP contribution in [0.4, 0.5) is 23.1 Å². The molecule has 34 heavy (non-hydrogen) atoms. The molecule has 4 aromatic rings. The summed E-state index contributed by atoms with van der Waals surface area (Å²) in [7, 11) is 0. The molecular formula is C27H30N6O. The zero-order valence-corrected chi connectivity index (χ0v) is 19.5. The number of nitrogens with one attached hydrogen (secondary N) is 3. The van der Waals surface area contributed by atoms with Crippen LogP contribution in [0, 0.1) is 6.92 Å². The molecule has 1 amide bonds. The van der Waals surface area contributed by atoms with Crippen LogP contribution in [0.15, 0.2) is 60.8 Å². The van der Waals surface area contributed by atoms with Gasteiger partial charge in [0.05, 0.1) is 0 Å². The second-order valence-corrected chi connectivity index (χ2v) is 8.85. The Morgan fingerprint density at radius 3 is 2.62 bits per heavy atom. The van der Waals surface area contributed by atoms with Crippen LogP contribution in [0.3, 0.4) is 0 Å². The molecule has 5 rings (SSSR count). The topological polar surface area (TPSA) is 85.9 Å². The summed E-state index contributed by atoms with van der Waals surface area (Å²) in [6.07, 6.45) is 6.59. The van der Waals surface area contributed by atoms with Gasteiger partial charge in [-0.3, -0.25) is 4.79 Å². The minimum absolute atomic E-state index is 0.0298. The molecular weight excluding hydrogens is 424 g/mol. The van der Waals surface area contributed by atoms with Gasteiger partial charge in [0.25, 0.3) is 0 Å². The van der Waals surface area contributed by atoms with Gasteiger partial charge in [0, 0.05) is 59.7 Å². The monoisotopic (exact) mass is 454 g/mol. The molecule has 7 heteroatoms. The number of amides is 1. The van der Waals surface area contributed by atoms with Crippen LogP contribution in [-0.4, -0.2) is 33.9 Å². The highest BCUT2D eigenvalue weighted by atomic mass is 16.1. The van der Waals surface area contributed by atoms with Gasteiger partial charge in [-0.05, 0) is 68.5 Å². The molecule has 174 valence electrons. The van der Waals surface area contributed by atoms with E-state index >= 15 is 0 Å². The summed E-state index contributed by atoms with van der Waals surface area (Å²) in [6, 6.07) is 17.9. The number of fused-ring (bicyclic) bond motifs is 1. The molecule has 2 aromatic heterocycles. The Labute approximate surface area is 199 Å². The van der Waals surface area contributed by atoms with Crippen LogP contribution in [0.25, 0.3) is 10.9 Å². The molecule has 1 saturated heterocycles. The molecule has 7 nitrogen and oxygen atoms in total. The minimum Gasteiger partial charge on any atom is -0.361 e. The van der Waals surface area contributed by atoms with Crippen LogP contribution < -0.4 is 15.5 Å². The van der Waals surface area contributed by atoms with Gasteiger partial charge < -0.3 is 20.5 Å². The number of hydrogen-bond donors (Lipinski definition) is 3. The Kier molecular flexibility index (Phi) is 6.42. The molecule has 0 radical (unpaired) electrons. The highest BCUT2D eigenvalue weighted by molar-refractivity contribution is 5.91. The van der Waals surface area contributed by atoms with Crippen LogP contribution >= 0.6 is 0 Å². The van der Waals surface area contributed by atoms with Gasteiger partial charge in [0.1, 0.15) is 5.82 Å². The number of aryl methyl sites for hydroxylation is 2. The maximum atomic E-state index is 12.4. The highest BCUT2D eigenvalue weighted by Crippen LogP contribution is 2.23. The van der Waals surface area contributed by atoms with E-state index in [0.29, 0.717) is 6.42 Å². The summed E-state index contributed by atoms with van der Waals surface area (Å²) in [5.74, 6) is 1.60. The molecule has 0 unspecified atom stereocenters. The van der Waals surface area contributed by atoms with Crippen LogP contribution in [0.2, 0.25) is 0 Å². The highest BCUT2D eigenvalue weighted by Gasteiger charge is 2.16. The fraction of sp³-hybridized carbons (Fsp3) is 0.296. The Hall–Kier alpha value is -3.87. The van der Waals surface area contributed by atoms with Crippen molar-refractivity contribution < 1.29 is 4.79 Å². The number of hydrogen-bond acceptors (Lipinski definition) is 5. The number of anilines is 4. The standard InChI is InChI=1S/C27H30N6O/c1-19-17-25(32-27(29-19)33-15-4-5-16-33)30-21-11-13-22(14-12-21)31-26(34)10-6-7-20-18-28-24-9-3-2-8-23(20)24/h2-3,8-9,11-14,17-18,28H,4-7,10,15-16H2,1H3,(H,31,34)(H,29,30,32). The van der Waals surface area contributed by atoms with E-state index in [1.54, 1.807) is 0 Å². The number of nitrogens with zero attached hydrogens (tertiary/aromatic N) is 3. The van der Waals surface area contributed by atoms with Crippen LogP contribution in [-0.2, 0) is 11.2 Å². The lowest BCUT2D eigenvalue weighted by Gasteiger charge is -2.17. The minimum atomic E-state index is 0.0298. The van der Waals surface area contributed by atoms with Gasteiger partial charge in [-0.25, -0.2) is 4.98 Å². The number of aromatic nitrogens is 3. The largest absolute Gasteiger partial charge is 0.361 e. The number of rotatable bonds is 8. The lowest BCUT2D eigenvalue weighted by molar-refractivity contribution is -0.116. The lowest BCUT2D eigenvalue weighted by atomic mass is 10.1. The fourth-order valence-corrected chi connectivity index (χ4v) is 4.46. The molecule has 1 aliphatic heterocycles. The fourth-order valence-electron chi connectivity index (χ4n) is 4.46. The first-order chi connectivity index (χ1) is 16.6. The van der Waals surface area contributed by atoms with Crippen molar-refractivity contribution in [1.82, 2.24) is 15.0 Å². The van der Waals surface area contributed by atoms with Crippen molar-refractivity contribution in [3.8, 4) is 0 Å². The molecule has 0 saturated carbocycles. The summed E-state index contributed by atoms with van der Waals surface area (Å²) in [5.41, 5.74) is 5.05. The summed E-state index contributed by atoms with van der Waals surface area (Å²) in [5, 5.41) is 7.59. The summed E-state index contributed by atoms with van der Waals surface area (Å²) in [6.45, 7) is 4.02. The molecule has 3 heterocycles. The molecule has 0 spiro atoms. The smallest absolute Gasteiger partial charge is 0.227 e. The van der Waals surface area contributed by atoms with Gasteiger partial charge in [0.15, 0.2) is 0 Å². The predicted octanol–water partition coefficient (Wildman–Crippen LogP) is 5.57. The number of carbonyl (C=O) groups is 1. The Morgan fingerprint density at radius 2 is 1.79 bits per heavy atom. The van der Waals surface area contributed by atoms with E-state index in [2.05, 4.69) is 42.6 Å². The quantitative estimate of drug-likeness (QED) is 0.324. The number of H-pyrrole nitrogens is 1. The molecule has 2 aromatic carbocycles. The molecule has 0 aliphatic carbocycles. The van der Waals surface area contributed by atoms with Gasteiger partial charge in [0.2, 0.25) is 11.9 Å². The molecule has 0 atom stereocenters. The SMILES string of the molecule is Cc1cc(Nc2ccc(NC(=O)CCCc3c[nH]c4ccccc34)cc2)nc(N2CCCC2)n1. The maximum absolute atomic E-state index is 12.4. The Balaban J connectivity index is 1.13. The second-order valence-electron chi connectivity index (χ2n) is 8.85. The first-order valence-corrected chi connectivity index (χ1v) is 12.0. The number of carbonyl (C=O) groups excluding carboxylic acids is 1. The van der Waals surface area contributed by atoms with Crippen molar-refractivity contribution in [3.63, 3.8) is 0 Å². The first kappa shape index (κ1) is 21.9. The predicted molar refractivity (Wildman–Crippen MR) is 138 cm³/mol. The number of benzene rings is 2. The van der Waals surface area contributed by atoms with Gasteiger partial charge in [-0.15, -0.1) is 0 Å². The normalized spacial score (nSPS) is 13.4. The third kappa shape index (κ3) is 5.20. The van der Waals surface area contributed by atoms with Crippen LogP contribution in [0.1, 0.15) is 36.9 Å². The molecule has 3 N–H and O–H groups in total. The zero-order chi connectivity index (χ0) is 23.3.